The maximum Gasteiger partial charge on any atom is 0.319 e. The van der Waals surface area contributed by atoms with E-state index in [1.165, 1.54) is 12.4 Å². The number of hydrogen-bond donors (Lipinski definition) is 0. The first-order chi connectivity index (χ1) is 11.0. The number of carbonyl (C=O) groups is 1. The van der Waals surface area contributed by atoms with Crippen LogP contribution in [0.1, 0.15) is 12.8 Å². The van der Waals surface area contributed by atoms with E-state index in [4.69, 9.17) is 4.74 Å². The van der Waals surface area contributed by atoms with Crippen molar-refractivity contribution >= 4 is 12.0 Å². The van der Waals surface area contributed by atoms with Crippen molar-refractivity contribution in [2.75, 3.05) is 51.8 Å². The maximum absolute atomic E-state index is 13.0. The molecule has 0 N–H and O–H groups in total. The lowest BCUT2D eigenvalue weighted by Gasteiger charge is -2.47. The third kappa shape index (κ3) is 3.36. The zero-order valence-corrected chi connectivity index (χ0v) is 13.5. The summed E-state index contributed by atoms with van der Waals surface area (Å²) in [5.74, 6) is 0.0908. The highest BCUT2D eigenvalue weighted by atomic mass is 19.1. The van der Waals surface area contributed by atoms with Gasteiger partial charge >= 0.3 is 6.03 Å². The number of rotatable bonds is 1. The minimum atomic E-state index is -0.438. The number of likely N-dealkylation sites (tertiary alicyclic amines) is 1. The summed E-state index contributed by atoms with van der Waals surface area (Å²) in [5.41, 5.74) is -0.279. The number of piperidine rings is 1. The Labute approximate surface area is 135 Å². The zero-order chi connectivity index (χ0) is 16.4. The average Bonchev–Trinajstić information content (AvgIpc) is 2.55. The Morgan fingerprint density at radius 3 is 2.52 bits per heavy atom. The molecule has 0 atom stereocenters. The summed E-state index contributed by atoms with van der Waals surface area (Å²) in [7, 11) is 3.52. The Morgan fingerprint density at radius 1 is 1.26 bits per heavy atom. The van der Waals surface area contributed by atoms with Crippen LogP contribution < -0.4 is 4.90 Å². The molecule has 0 bridgehead atoms. The molecule has 2 saturated heterocycles. The van der Waals surface area contributed by atoms with E-state index < -0.39 is 5.82 Å². The summed E-state index contributed by atoms with van der Waals surface area (Å²) in [5, 5.41) is 0. The third-order valence-corrected chi connectivity index (χ3v) is 4.47. The number of carbonyl (C=O) groups excluding carboxylic acids is 1. The Balaban J connectivity index is 1.65. The highest BCUT2D eigenvalue weighted by molar-refractivity contribution is 5.73. The number of amides is 2. The van der Waals surface area contributed by atoms with E-state index in [0.29, 0.717) is 38.7 Å². The van der Waals surface area contributed by atoms with E-state index in [9.17, 15) is 9.18 Å². The monoisotopic (exact) mass is 323 g/mol. The standard InChI is InChI=1S/C15H22FN5O2/c1-19(2)14(22)20-5-3-15(4-6-20)11-21(7-8-23-15)13-17-9-12(16)10-18-13/h9-10H,3-8,11H2,1-2H3. The van der Waals surface area contributed by atoms with Crippen LogP contribution in [0.25, 0.3) is 0 Å². The van der Waals surface area contributed by atoms with Gasteiger partial charge in [-0.3, -0.25) is 0 Å². The molecule has 1 spiro atoms. The van der Waals surface area contributed by atoms with E-state index in [-0.39, 0.29) is 11.6 Å². The van der Waals surface area contributed by atoms with Crippen LogP contribution in [0.5, 0.6) is 0 Å². The normalized spacial score (nSPS) is 20.7. The number of nitrogens with zero attached hydrogens (tertiary/aromatic N) is 5. The zero-order valence-electron chi connectivity index (χ0n) is 13.5. The fraction of sp³-hybridized carbons (Fsp3) is 0.667. The quantitative estimate of drug-likeness (QED) is 0.771. The van der Waals surface area contributed by atoms with Crippen molar-refractivity contribution in [2.45, 2.75) is 18.4 Å². The molecule has 0 aromatic carbocycles. The van der Waals surface area contributed by atoms with Crippen molar-refractivity contribution < 1.29 is 13.9 Å². The molecule has 3 heterocycles. The van der Waals surface area contributed by atoms with Crippen LogP contribution in [0.2, 0.25) is 0 Å². The van der Waals surface area contributed by atoms with Crippen molar-refractivity contribution in [3.05, 3.63) is 18.2 Å². The lowest BCUT2D eigenvalue weighted by Crippen LogP contribution is -2.58. The van der Waals surface area contributed by atoms with Crippen molar-refractivity contribution in [3.8, 4) is 0 Å². The Bertz CT molecular complexity index is 557. The minimum absolute atomic E-state index is 0.0365. The van der Waals surface area contributed by atoms with Crippen molar-refractivity contribution in [1.29, 1.82) is 0 Å². The molecule has 7 nitrogen and oxygen atoms in total. The Kier molecular flexibility index (Phi) is 4.34. The number of morpholine rings is 1. The summed E-state index contributed by atoms with van der Waals surface area (Å²) in [6, 6.07) is 0.0365. The van der Waals surface area contributed by atoms with E-state index in [2.05, 4.69) is 9.97 Å². The van der Waals surface area contributed by atoms with Crippen molar-refractivity contribution in [2.24, 2.45) is 0 Å². The summed E-state index contributed by atoms with van der Waals surface area (Å²) >= 11 is 0. The summed E-state index contributed by atoms with van der Waals surface area (Å²) in [4.78, 5) is 25.6. The van der Waals surface area contributed by atoms with E-state index in [0.717, 1.165) is 12.8 Å². The predicted octanol–water partition coefficient (Wildman–Crippen LogP) is 0.969. The first kappa shape index (κ1) is 15.9. The highest BCUT2D eigenvalue weighted by Gasteiger charge is 2.41. The fourth-order valence-corrected chi connectivity index (χ4v) is 3.18. The molecular formula is C15H22FN5O2. The highest BCUT2D eigenvalue weighted by Crippen LogP contribution is 2.31. The molecule has 2 aliphatic rings. The lowest BCUT2D eigenvalue weighted by molar-refractivity contribution is -0.0870. The van der Waals surface area contributed by atoms with E-state index in [1.807, 2.05) is 9.80 Å². The number of aromatic nitrogens is 2. The molecule has 3 rings (SSSR count). The minimum Gasteiger partial charge on any atom is -0.371 e. The fourth-order valence-electron chi connectivity index (χ4n) is 3.18. The van der Waals surface area contributed by atoms with Gasteiger partial charge in [0.15, 0.2) is 5.82 Å². The van der Waals surface area contributed by atoms with Crippen molar-refractivity contribution in [3.63, 3.8) is 0 Å². The Morgan fingerprint density at radius 2 is 1.91 bits per heavy atom. The largest absolute Gasteiger partial charge is 0.371 e. The van der Waals surface area contributed by atoms with E-state index in [1.54, 1.807) is 19.0 Å². The van der Waals surface area contributed by atoms with Gasteiger partial charge < -0.3 is 19.4 Å². The summed E-state index contributed by atoms with van der Waals surface area (Å²) in [6.07, 6.45) is 3.93. The molecule has 1 aromatic heterocycles. The topological polar surface area (TPSA) is 61.8 Å². The van der Waals surface area contributed by atoms with Crippen LogP contribution >= 0.6 is 0 Å². The Hall–Kier alpha value is -1.96. The molecular weight excluding hydrogens is 301 g/mol. The van der Waals surface area contributed by atoms with Gasteiger partial charge in [-0.15, -0.1) is 0 Å². The number of hydrogen-bond acceptors (Lipinski definition) is 5. The van der Waals surface area contributed by atoms with Gasteiger partial charge in [0.05, 0.1) is 31.1 Å². The third-order valence-electron chi connectivity index (χ3n) is 4.47. The van der Waals surface area contributed by atoms with Crippen LogP contribution in [0.3, 0.4) is 0 Å². The number of halogens is 1. The second-order valence-corrected chi connectivity index (χ2v) is 6.32. The first-order valence-corrected chi connectivity index (χ1v) is 7.82. The lowest BCUT2D eigenvalue weighted by atomic mass is 9.89. The molecule has 1 aromatic rings. The molecule has 8 heteroatoms. The van der Waals surface area contributed by atoms with E-state index >= 15 is 0 Å². The maximum atomic E-state index is 13.0. The summed E-state index contributed by atoms with van der Waals surface area (Å²) < 4.78 is 19.0. The van der Waals surface area contributed by atoms with Crippen LogP contribution in [0.15, 0.2) is 12.4 Å². The number of ether oxygens (including phenoxy) is 1. The van der Waals surface area contributed by atoms with Gasteiger partial charge in [-0.25, -0.2) is 19.2 Å². The predicted molar refractivity (Wildman–Crippen MR) is 82.8 cm³/mol. The molecule has 23 heavy (non-hydrogen) atoms. The first-order valence-electron chi connectivity index (χ1n) is 7.82. The molecule has 2 fully saturated rings. The second-order valence-electron chi connectivity index (χ2n) is 6.32. The van der Waals surface area contributed by atoms with Gasteiger partial charge in [0, 0.05) is 33.7 Å². The molecule has 2 amide bonds. The average molecular weight is 323 g/mol. The van der Waals surface area contributed by atoms with Gasteiger partial charge in [-0.1, -0.05) is 0 Å². The van der Waals surface area contributed by atoms with Crippen LogP contribution in [0, 0.1) is 5.82 Å². The van der Waals surface area contributed by atoms with Gasteiger partial charge in [0.25, 0.3) is 0 Å². The van der Waals surface area contributed by atoms with Crippen molar-refractivity contribution in [1.82, 2.24) is 19.8 Å². The second kappa shape index (κ2) is 6.27. The van der Waals surface area contributed by atoms with Gasteiger partial charge in [-0.2, -0.15) is 0 Å². The van der Waals surface area contributed by atoms with Crippen LogP contribution in [0.4, 0.5) is 15.1 Å². The van der Waals surface area contributed by atoms with Crippen LogP contribution in [-0.2, 0) is 4.74 Å². The van der Waals surface area contributed by atoms with Gasteiger partial charge in [0.2, 0.25) is 5.95 Å². The molecule has 126 valence electrons. The SMILES string of the molecule is CN(C)C(=O)N1CCC2(CC1)CN(c1ncc(F)cn1)CCO2. The molecule has 2 aliphatic heterocycles. The molecule has 0 radical (unpaired) electrons. The summed E-state index contributed by atoms with van der Waals surface area (Å²) in [6.45, 7) is 3.29. The molecule has 0 unspecified atom stereocenters. The van der Waals surface area contributed by atoms with Gasteiger partial charge in [-0.05, 0) is 12.8 Å². The number of anilines is 1. The molecule has 0 aliphatic carbocycles. The van der Waals surface area contributed by atoms with Gasteiger partial charge in [0.1, 0.15) is 0 Å². The smallest absolute Gasteiger partial charge is 0.319 e. The van der Waals surface area contributed by atoms with Crippen LogP contribution in [-0.4, -0.2) is 78.3 Å². The molecule has 0 saturated carbocycles. The number of urea groups is 1.